The SMILES string of the molecule is COc1ccc([C@@H](NP(=O)(c2ccccc2)c2ccccc2)[C@@H](O)C(=O)c2ccccc2OC)cc1. The summed E-state index contributed by atoms with van der Waals surface area (Å²) in [5, 5.41) is 15.8. The van der Waals surface area contributed by atoms with Crippen molar-refractivity contribution < 1.29 is 23.9 Å². The molecule has 0 aliphatic carbocycles. The quantitative estimate of drug-likeness (QED) is 0.246. The zero-order valence-corrected chi connectivity index (χ0v) is 21.0. The summed E-state index contributed by atoms with van der Waals surface area (Å²) in [7, 11) is -0.465. The van der Waals surface area contributed by atoms with Crippen LogP contribution >= 0.6 is 7.29 Å². The average Bonchev–Trinajstić information content (AvgIpc) is 2.96. The molecule has 0 heterocycles. The molecule has 36 heavy (non-hydrogen) atoms. The van der Waals surface area contributed by atoms with E-state index >= 15 is 0 Å². The third kappa shape index (κ3) is 5.26. The molecule has 0 aliphatic heterocycles. The lowest BCUT2D eigenvalue weighted by molar-refractivity contribution is 0.0675. The van der Waals surface area contributed by atoms with Gasteiger partial charge < -0.3 is 14.6 Å². The largest absolute Gasteiger partial charge is 0.497 e. The molecule has 0 unspecified atom stereocenters. The van der Waals surface area contributed by atoms with E-state index in [2.05, 4.69) is 5.09 Å². The lowest BCUT2D eigenvalue weighted by Gasteiger charge is -2.30. The number of aliphatic hydroxyl groups excluding tert-OH is 1. The number of aliphatic hydroxyl groups is 1. The number of hydrogen-bond donors (Lipinski definition) is 2. The number of methoxy groups -OCH3 is 2. The highest BCUT2D eigenvalue weighted by Gasteiger charge is 2.37. The van der Waals surface area contributed by atoms with Crippen LogP contribution in [0.1, 0.15) is 22.0 Å². The molecule has 0 saturated heterocycles. The summed E-state index contributed by atoms with van der Waals surface area (Å²) in [5.74, 6) is 0.426. The van der Waals surface area contributed by atoms with Crippen LogP contribution < -0.4 is 25.2 Å². The summed E-state index contributed by atoms with van der Waals surface area (Å²) < 4.78 is 25.4. The second-order valence-corrected chi connectivity index (χ2v) is 10.7. The molecule has 4 aromatic carbocycles. The first-order valence-electron chi connectivity index (χ1n) is 11.5. The van der Waals surface area contributed by atoms with Crippen LogP contribution in [0.4, 0.5) is 0 Å². The average molecular weight is 502 g/mol. The minimum atomic E-state index is -3.49. The Hall–Kier alpha value is -3.70. The molecule has 4 rings (SSSR count). The van der Waals surface area contributed by atoms with Crippen molar-refractivity contribution in [2.45, 2.75) is 12.1 Å². The minimum Gasteiger partial charge on any atom is -0.497 e. The third-order valence-corrected chi connectivity index (χ3v) is 8.68. The number of Topliss-reactive ketones (excluding diaryl/α,β-unsaturated/α-hetero) is 1. The highest BCUT2D eigenvalue weighted by atomic mass is 31.2. The number of rotatable bonds is 10. The van der Waals surface area contributed by atoms with Crippen LogP contribution in [0.5, 0.6) is 11.5 Å². The Kier molecular flexibility index (Phi) is 8.01. The van der Waals surface area contributed by atoms with Crippen molar-refractivity contribution in [1.82, 2.24) is 5.09 Å². The van der Waals surface area contributed by atoms with Crippen LogP contribution in [0.2, 0.25) is 0 Å². The van der Waals surface area contributed by atoms with Gasteiger partial charge in [0.15, 0.2) is 5.78 Å². The molecule has 0 radical (unpaired) electrons. The number of para-hydroxylation sites is 1. The van der Waals surface area contributed by atoms with Gasteiger partial charge in [-0.25, -0.2) is 5.09 Å². The lowest BCUT2D eigenvalue weighted by Crippen LogP contribution is -2.40. The van der Waals surface area contributed by atoms with Crippen LogP contribution in [0.3, 0.4) is 0 Å². The number of benzene rings is 4. The van der Waals surface area contributed by atoms with Gasteiger partial charge in [-0.15, -0.1) is 0 Å². The Morgan fingerprint density at radius 2 is 1.28 bits per heavy atom. The molecule has 0 fully saturated rings. The number of hydrogen-bond acceptors (Lipinski definition) is 5. The molecule has 0 bridgehead atoms. The molecule has 2 N–H and O–H groups in total. The predicted octanol–water partition coefficient (Wildman–Crippen LogP) is 4.51. The minimum absolute atomic E-state index is 0.238. The maximum atomic E-state index is 14.7. The topological polar surface area (TPSA) is 84.9 Å². The Labute approximate surface area is 211 Å². The highest BCUT2D eigenvalue weighted by molar-refractivity contribution is 7.76. The molecule has 0 aromatic heterocycles. The predicted molar refractivity (Wildman–Crippen MR) is 142 cm³/mol. The standard InChI is InChI=1S/C29H28NO5P/c1-34-22-19-17-21(18-20-22)27(29(32)28(31)25-15-9-10-16-26(25)35-2)30-36(33,23-11-5-3-6-12-23)24-13-7-4-8-14-24/h3-20,27,29,32H,1-2H3,(H,30,33)/t27-,29-/m1/s1. The molecular formula is C29H28NO5P. The summed E-state index contributed by atoms with van der Waals surface area (Å²) in [6.45, 7) is 0. The van der Waals surface area contributed by atoms with E-state index in [0.29, 0.717) is 27.7 Å². The number of carbonyl (C=O) groups excluding carboxylic acids is 1. The molecule has 6 nitrogen and oxygen atoms in total. The molecule has 0 saturated carbocycles. The van der Waals surface area contributed by atoms with Crippen LogP contribution in [-0.4, -0.2) is 31.2 Å². The van der Waals surface area contributed by atoms with Gasteiger partial charge in [0.1, 0.15) is 17.6 Å². The second kappa shape index (κ2) is 11.4. The Balaban J connectivity index is 1.83. The highest BCUT2D eigenvalue weighted by Crippen LogP contribution is 2.43. The summed E-state index contributed by atoms with van der Waals surface area (Å²) in [5.41, 5.74) is 0.820. The van der Waals surface area contributed by atoms with E-state index < -0.39 is 25.2 Å². The Morgan fingerprint density at radius 3 is 1.81 bits per heavy atom. The Bertz CT molecular complexity index is 1300. The van der Waals surface area contributed by atoms with Crippen molar-refractivity contribution in [3.8, 4) is 11.5 Å². The van der Waals surface area contributed by atoms with E-state index in [4.69, 9.17) is 9.47 Å². The third-order valence-electron chi connectivity index (χ3n) is 5.99. The molecule has 2 atom stereocenters. The Morgan fingerprint density at radius 1 is 0.750 bits per heavy atom. The summed E-state index contributed by atoms with van der Waals surface area (Å²) in [6, 6.07) is 30.7. The van der Waals surface area contributed by atoms with Gasteiger partial charge in [-0.1, -0.05) is 60.7 Å². The fourth-order valence-corrected chi connectivity index (χ4v) is 6.53. The molecule has 4 aromatic rings. The van der Waals surface area contributed by atoms with Gasteiger partial charge in [0.2, 0.25) is 7.29 Å². The van der Waals surface area contributed by atoms with Gasteiger partial charge in [-0.2, -0.15) is 0 Å². The maximum Gasteiger partial charge on any atom is 0.205 e. The molecule has 184 valence electrons. The van der Waals surface area contributed by atoms with Gasteiger partial charge in [0.25, 0.3) is 0 Å². The van der Waals surface area contributed by atoms with Crippen molar-refractivity contribution >= 4 is 23.7 Å². The number of ketones is 1. The second-order valence-electron chi connectivity index (χ2n) is 8.17. The van der Waals surface area contributed by atoms with Gasteiger partial charge >= 0.3 is 0 Å². The molecule has 0 aliphatic rings. The molecular weight excluding hydrogens is 473 g/mol. The van der Waals surface area contributed by atoms with Gasteiger partial charge in [0.05, 0.1) is 25.8 Å². The van der Waals surface area contributed by atoms with E-state index in [1.165, 1.54) is 7.11 Å². The van der Waals surface area contributed by atoms with Crippen LogP contribution in [0.25, 0.3) is 0 Å². The smallest absolute Gasteiger partial charge is 0.205 e. The zero-order valence-electron chi connectivity index (χ0n) is 20.1. The lowest BCUT2D eigenvalue weighted by atomic mass is 9.95. The molecule has 0 spiro atoms. The molecule has 7 heteroatoms. The summed E-state index contributed by atoms with van der Waals surface area (Å²) in [4.78, 5) is 13.5. The van der Waals surface area contributed by atoms with Crippen molar-refractivity contribution in [1.29, 1.82) is 0 Å². The normalized spacial score (nSPS) is 13.0. The zero-order chi connectivity index (χ0) is 25.5. The maximum absolute atomic E-state index is 14.7. The van der Waals surface area contributed by atoms with E-state index in [1.54, 1.807) is 79.9 Å². The van der Waals surface area contributed by atoms with E-state index in [0.717, 1.165) is 0 Å². The first-order valence-corrected chi connectivity index (χ1v) is 13.2. The van der Waals surface area contributed by atoms with Gasteiger partial charge in [0, 0.05) is 10.6 Å². The monoisotopic (exact) mass is 501 g/mol. The van der Waals surface area contributed by atoms with Crippen molar-refractivity contribution in [2.75, 3.05) is 14.2 Å². The van der Waals surface area contributed by atoms with Crippen LogP contribution in [0.15, 0.2) is 109 Å². The van der Waals surface area contributed by atoms with Crippen molar-refractivity contribution in [2.24, 2.45) is 0 Å². The fourth-order valence-electron chi connectivity index (χ4n) is 4.07. The number of carbonyl (C=O) groups is 1. The number of ether oxygens (including phenoxy) is 2. The van der Waals surface area contributed by atoms with Crippen LogP contribution in [0, 0.1) is 0 Å². The van der Waals surface area contributed by atoms with E-state index in [-0.39, 0.29) is 5.56 Å². The van der Waals surface area contributed by atoms with Gasteiger partial charge in [-0.3, -0.25) is 9.36 Å². The first kappa shape index (κ1) is 25.4. The first-order chi connectivity index (χ1) is 17.5. The molecule has 0 amide bonds. The van der Waals surface area contributed by atoms with Crippen LogP contribution in [-0.2, 0) is 4.57 Å². The van der Waals surface area contributed by atoms with E-state index in [9.17, 15) is 14.5 Å². The fraction of sp³-hybridized carbons (Fsp3) is 0.138. The van der Waals surface area contributed by atoms with E-state index in [1.807, 2.05) is 36.4 Å². The van der Waals surface area contributed by atoms with Crippen molar-refractivity contribution in [3.05, 3.63) is 120 Å². The summed E-state index contributed by atoms with van der Waals surface area (Å²) >= 11 is 0. The number of nitrogens with one attached hydrogen (secondary N) is 1. The van der Waals surface area contributed by atoms with Crippen molar-refractivity contribution in [3.63, 3.8) is 0 Å². The van der Waals surface area contributed by atoms with Gasteiger partial charge in [-0.05, 0) is 54.1 Å². The summed E-state index contributed by atoms with van der Waals surface area (Å²) in [6.07, 6.45) is -1.56.